The molecule has 63 heavy (non-hydrogen) atoms. The van der Waals surface area contributed by atoms with Crippen molar-refractivity contribution in [3.05, 3.63) is 176 Å². The number of aromatic nitrogens is 2. The van der Waals surface area contributed by atoms with E-state index in [0.29, 0.717) is 0 Å². The molecule has 12 rings (SSSR count). The molecule has 0 bridgehead atoms. The van der Waals surface area contributed by atoms with E-state index < -0.39 is 0 Å². The molecule has 0 saturated heterocycles. The first-order valence-corrected chi connectivity index (χ1v) is 22.7. The molecule has 2 aromatic heterocycles. The molecule has 2 heterocycles. The largest absolute Gasteiger partial charge is 0.292 e. The second-order valence-corrected chi connectivity index (χ2v) is 18.3. The molecule has 0 amide bonds. The van der Waals surface area contributed by atoms with Crippen molar-refractivity contribution >= 4 is 141 Å². The molecule has 0 aliphatic carbocycles. The Morgan fingerprint density at radius 1 is 0.397 bits per heavy atom. The molecule has 8 heteroatoms. The van der Waals surface area contributed by atoms with E-state index >= 15 is 0 Å². The van der Waals surface area contributed by atoms with E-state index in [0.717, 1.165) is 28.1 Å². The Hall–Kier alpha value is -7.01. The van der Waals surface area contributed by atoms with Gasteiger partial charge in [0.05, 0.1) is 16.7 Å². The molecule has 0 atom stereocenters. The molecule has 2 nitrogen and oxygen atoms in total. The smallest absolute Gasteiger partial charge is 0.145 e. The zero-order valence-electron chi connectivity index (χ0n) is 36.0. The third-order valence-electron chi connectivity index (χ3n) is 14.0. The summed E-state index contributed by atoms with van der Waals surface area (Å²) in [5, 5.41) is 10.1. The first kappa shape index (κ1) is 37.7. The SMILES string of the molecule is Bc1c(B)c(B)c(-c2ccc3c(-c4ccc(-c5nc6ccccc6n5-c5cccc6ccccc56)cc4)c4ccccc4c(-c4cccc5sc6ccccc6c45)c3c2)c(B)c1B. The van der Waals surface area contributed by atoms with Crippen LogP contribution in [0.2, 0.25) is 0 Å². The van der Waals surface area contributed by atoms with Crippen molar-refractivity contribution in [2.75, 3.05) is 0 Å². The van der Waals surface area contributed by atoms with Crippen molar-refractivity contribution in [3.63, 3.8) is 0 Å². The van der Waals surface area contributed by atoms with Crippen LogP contribution in [0.4, 0.5) is 0 Å². The number of rotatable bonds is 5. The Bertz CT molecular complexity index is 3830. The zero-order chi connectivity index (χ0) is 42.5. The number of para-hydroxylation sites is 2. The van der Waals surface area contributed by atoms with Crippen molar-refractivity contribution < 1.29 is 0 Å². The molecule has 0 aliphatic rings. The van der Waals surface area contributed by atoms with E-state index in [-0.39, 0.29) is 0 Å². The molecule has 0 fully saturated rings. The zero-order valence-corrected chi connectivity index (χ0v) is 36.9. The maximum Gasteiger partial charge on any atom is 0.145 e. The van der Waals surface area contributed by atoms with Crippen LogP contribution >= 0.6 is 11.3 Å². The van der Waals surface area contributed by atoms with Gasteiger partial charge < -0.3 is 0 Å². The van der Waals surface area contributed by atoms with Crippen LogP contribution in [0, 0.1) is 0 Å². The number of thiophene rings is 1. The van der Waals surface area contributed by atoms with Gasteiger partial charge >= 0.3 is 0 Å². The van der Waals surface area contributed by atoms with E-state index in [9.17, 15) is 0 Å². The van der Waals surface area contributed by atoms with Crippen LogP contribution in [0.25, 0.3) is 114 Å². The number of imidazole rings is 1. The summed E-state index contributed by atoms with van der Waals surface area (Å²) in [4.78, 5) is 5.29. The molecule has 0 N–H and O–H groups in total. The number of hydrogen-bond donors (Lipinski definition) is 0. The van der Waals surface area contributed by atoms with E-state index in [1.165, 1.54) is 113 Å². The van der Waals surface area contributed by atoms with Crippen LogP contribution in [-0.2, 0) is 0 Å². The number of hydrogen-bond acceptors (Lipinski definition) is 2. The standard InChI is InChI=1S/C55H39B5N2S/c56-50-47(51(57)53(59)54(60)52(50)58)33-27-28-37-40(29-33)48(39-17-10-22-45-49(39)38-16-5-8-21-44(38)63-45)36-15-4-3-14-35(36)46(37)31-23-25-32(26-24-31)55-61-41-18-6-7-19-43(41)62(55)42-20-9-12-30-11-1-2-13-34(30)42/h1-29H,56-60H2. The predicted molar refractivity (Wildman–Crippen MR) is 289 cm³/mol. The average molecular weight is 814 g/mol. The van der Waals surface area contributed by atoms with Crippen molar-refractivity contribution in [3.8, 4) is 50.5 Å². The fraction of sp³-hybridized carbons (Fsp3) is 0. The van der Waals surface area contributed by atoms with Gasteiger partial charge in [-0.25, -0.2) is 4.98 Å². The number of nitrogens with zero attached hydrogens (tertiary/aromatic N) is 2. The van der Waals surface area contributed by atoms with Crippen molar-refractivity contribution in [1.29, 1.82) is 0 Å². The molecule has 12 aromatic rings. The summed E-state index contributed by atoms with van der Waals surface area (Å²) in [6.45, 7) is 0. The van der Waals surface area contributed by atoms with Gasteiger partial charge in [0, 0.05) is 31.1 Å². The minimum atomic E-state index is 0.930. The number of fused-ring (bicyclic) bond motifs is 7. The Morgan fingerprint density at radius 2 is 0.968 bits per heavy atom. The molecule has 0 aliphatic heterocycles. The summed E-state index contributed by atoms with van der Waals surface area (Å²) >= 11 is 1.88. The first-order valence-electron chi connectivity index (χ1n) is 21.9. The van der Waals surface area contributed by atoms with Gasteiger partial charge in [0.25, 0.3) is 0 Å². The molecular weight excluding hydrogens is 775 g/mol. The summed E-state index contributed by atoms with van der Waals surface area (Å²) in [7, 11) is 11.4. The monoisotopic (exact) mass is 814 g/mol. The Kier molecular flexibility index (Phi) is 8.71. The van der Waals surface area contributed by atoms with Gasteiger partial charge in [-0.3, -0.25) is 4.57 Å². The van der Waals surface area contributed by atoms with Crippen LogP contribution in [0.5, 0.6) is 0 Å². The number of benzene rings is 10. The lowest BCUT2D eigenvalue weighted by Crippen LogP contribution is -2.55. The summed E-state index contributed by atoms with van der Waals surface area (Å²) in [6.07, 6.45) is 0. The summed E-state index contributed by atoms with van der Waals surface area (Å²) in [6, 6.07) is 64.9. The highest BCUT2D eigenvalue weighted by Gasteiger charge is 2.23. The highest BCUT2D eigenvalue weighted by atomic mass is 32.1. The quantitative estimate of drug-likeness (QED) is 0.138. The summed E-state index contributed by atoms with van der Waals surface area (Å²) in [5.41, 5.74) is 18.7. The second kappa shape index (κ2) is 14.5. The molecule has 0 saturated carbocycles. The minimum absolute atomic E-state index is 0.930. The summed E-state index contributed by atoms with van der Waals surface area (Å²) in [5.74, 6) is 0.930. The van der Waals surface area contributed by atoms with Gasteiger partial charge in [-0.2, -0.15) is 0 Å². The lowest BCUT2D eigenvalue weighted by atomic mass is 9.59. The van der Waals surface area contributed by atoms with Crippen LogP contribution < -0.4 is 27.3 Å². The van der Waals surface area contributed by atoms with E-state index in [1.807, 2.05) is 11.3 Å². The van der Waals surface area contributed by atoms with Crippen molar-refractivity contribution in [1.82, 2.24) is 9.55 Å². The first-order chi connectivity index (χ1) is 30.9. The van der Waals surface area contributed by atoms with Crippen LogP contribution in [0.3, 0.4) is 0 Å². The highest BCUT2D eigenvalue weighted by Crippen LogP contribution is 2.48. The summed E-state index contributed by atoms with van der Waals surface area (Å²) < 4.78 is 4.96. The molecule has 0 radical (unpaired) electrons. The fourth-order valence-corrected chi connectivity index (χ4v) is 11.6. The van der Waals surface area contributed by atoms with Gasteiger partial charge in [0.2, 0.25) is 0 Å². The topological polar surface area (TPSA) is 17.8 Å². The normalized spacial score (nSPS) is 11.8. The van der Waals surface area contributed by atoms with E-state index in [4.69, 9.17) is 4.98 Å². The minimum Gasteiger partial charge on any atom is -0.292 e. The van der Waals surface area contributed by atoms with Gasteiger partial charge in [-0.15, -0.1) is 27.7 Å². The van der Waals surface area contributed by atoms with Gasteiger partial charge in [0.15, 0.2) is 0 Å². The maximum absolute atomic E-state index is 5.29. The second-order valence-electron chi connectivity index (χ2n) is 17.2. The van der Waals surface area contributed by atoms with Crippen LogP contribution in [-0.4, -0.2) is 48.8 Å². The molecule has 0 spiro atoms. The Labute approximate surface area is 375 Å². The van der Waals surface area contributed by atoms with Crippen LogP contribution in [0.15, 0.2) is 176 Å². The third kappa shape index (κ3) is 5.74. The lowest BCUT2D eigenvalue weighted by Gasteiger charge is -2.23. The van der Waals surface area contributed by atoms with Crippen LogP contribution in [0.1, 0.15) is 0 Å². The highest BCUT2D eigenvalue weighted by molar-refractivity contribution is 7.26. The van der Waals surface area contributed by atoms with Crippen molar-refractivity contribution in [2.24, 2.45) is 0 Å². The fourth-order valence-electron chi connectivity index (χ4n) is 10.5. The average Bonchev–Trinajstić information content (AvgIpc) is 3.91. The maximum atomic E-state index is 5.29. The third-order valence-corrected chi connectivity index (χ3v) is 15.1. The Balaban J connectivity index is 1.13. The van der Waals surface area contributed by atoms with E-state index in [1.54, 1.807) is 0 Å². The van der Waals surface area contributed by atoms with Gasteiger partial charge in [-0.1, -0.05) is 150 Å². The van der Waals surface area contributed by atoms with Crippen molar-refractivity contribution in [2.45, 2.75) is 0 Å². The van der Waals surface area contributed by atoms with E-state index in [2.05, 4.69) is 220 Å². The Morgan fingerprint density at radius 3 is 1.76 bits per heavy atom. The molecule has 290 valence electrons. The molecular formula is C55H39B5N2S. The van der Waals surface area contributed by atoms with Gasteiger partial charge in [0.1, 0.15) is 45.1 Å². The molecule has 0 unspecified atom stereocenters. The van der Waals surface area contributed by atoms with Gasteiger partial charge in [-0.05, 0) is 96.7 Å². The lowest BCUT2D eigenvalue weighted by molar-refractivity contribution is 1.11. The predicted octanol–water partition coefficient (Wildman–Crippen LogP) is 6.81. The molecule has 10 aromatic carbocycles.